The molecule has 1 unspecified atom stereocenters. The van der Waals surface area contributed by atoms with Crippen LogP contribution in [0, 0.1) is 5.92 Å². The highest BCUT2D eigenvalue weighted by molar-refractivity contribution is 5.82. The largest absolute Gasteiger partial charge is 0.480 e. The Morgan fingerprint density at radius 3 is 2.33 bits per heavy atom. The average molecular weight is 215 g/mol. The number of hydrogen-bond donors (Lipinski definition) is 1. The number of amides is 1. The number of carbonyl (C=O) groups excluding carboxylic acids is 1. The van der Waals surface area contributed by atoms with E-state index in [4.69, 9.17) is 9.84 Å². The fraction of sp³-hybridized carbons (Fsp3) is 0.800. The second kappa shape index (κ2) is 5.11. The number of nitrogens with zero attached hydrogens (tertiary/aromatic N) is 1. The predicted molar refractivity (Wildman–Crippen MR) is 53.4 cm³/mol. The number of carboxylic acid groups (broad SMARTS) is 1. The molecule has 0 radical (unpaired) electrons. The normalized spacial score (nSPS) is 19.6. The van der Waals surface area contributed by atoms with Crippen molar-refractivity contribution in [2.24, 2.45) is 5.92 Å². The molecule has 5 nitrogen and oxygen atoms in total. The molecule has 5 heteroatoms. The lowest BCUT2D eigenvalue weighted by atomic mass is 9.91. The molecule has 0 saturated carbocycles. The predicted octanol–water partition coefficient (Wildman–Crippen LogP) is 0.344. The van der Waals surface area contributed by atoms with Crippen molar-refractivity contribution in [3.05, 3.63) is 0 Å². The van der Waals surface area contributed by atoms with E-state index < -0.39 is 12.0 Å². The molecule has 1 amide bonds. The van der Waals surface area contributed by atoms with Crippen molar-refractivity contribution in [1.82, 2.24) is 4.90 Å². The maximum Gasteiger partial charge on any atom is 0.326 e. The zero-order valence-electron chi connectivity index (χ0n) is 9.10. The van der Waals surface area contributed by atoms with E-state index in [0.717, 1.165) is 0 Å². The molecule has 1 N–H and O–H groups in total. The number of hydrogen-bond acceptors (Lipinski definition) is 3. The highest BCUT2D eigenvalue weighted by atomic mass is 16.5. The summed E-state index contributed by atoms with van der Waals surface area (Å²) in [4.78, 5) is 23.6. The monoisotopic (exact) mass is 215 g/mol. The van der Waals surface area contributed by atoms with Crippen molar-refractivity contribution >= 4 is 11.9 Å². The van der Waals surface area contributed by atoms with Crippen molar-refractivity contribution in [2.45, 2.75) is 25.8 Å². The molecular weight excluding hydrogens is 198 g/mol. The molecule has 0 aliphatic carbocycles. The summed E-state index contributed by atoms with van der Waals surface area (Å²) in [6.45, 7) is 2.55. The van der Waals surface area contributed by atoms with Crippen LogP contribution in [-0.4, -0.2) is 48.2 Å². The van der Waals surface area contributed by atoms with Gasteiger partial charge in [0.05, 0.1) is 0 Å². The minimum Gasteiger partial charge on any atom is -0.480 e. The van der Waals surface area contributed by atoms with E-state index in [0.29, 0.717) is 26.1 Å². The van der Waals surface area contributed by atoms with Gasteiger partial charge < -0.3 is 14.7 Å². The van der Waals surface area contributed by atoms with Crippen LogP contribution < -0.4 is 0 Å². The molecule has 0 spiro atoms. The van der Waals surface area contributed by atoms with Gasteiger partial charge in [0.25, 0.3) is 0 Å². The zero-order valence-corrected chi connectivity index (χ0v) is 9.10. The van der Waals surface area contributed by atoms with Crippen LogP contribution in [0.1, 0.15) is 19.8 Å². The second-order valence-electron chi connectivity index (χ2n) is 3.86. The van der Waals surface area contributed by atoms with Gasteiger partial charge in [-0.25, -0.2) is 4.79 Å². The van der Waals surface area contributed by atoms with Crippen LogP contribution in [0.15, 0.2) is 0 Å². The Hall–Kier alpha value is -1.10. The minimum absolute atomic E-state index is 0.00477. The van der Waals surface area contributed by atoms with Gasteiger partial charge in [0.15, 0.2) is 0 Å². The lowest BCUT2D eigenvalue weighted by Gasteiger charge is -2.33. The summed E-state index contributed by atoms with van der Waals surface area (Å²) in [6.07, 6.45) is 1.41. The molecule has 15 heavy (non-hydrogen) atoms. The van der Waals surface area contributed by atoms with Crippen molar-refractivity contribution in [3.63, 3.8) is 0 Å². The topological polar surface area (TPSA) is 66.8 Å². The summed E-state index contributed by atoms with van der Waals surface area (Å²) in [5.74, 6) is -1.14. The number of aliphatic carboxylic acids is 1. The Kier molecular flexibility index (Phi) is 4.08. The third kappa shape index (κ3) is 2.92. The third-order valence-corrected chi connectivity index (χ3v) is 2.88. The van der Waals surface area contributed by atoms with Crippen LogP contribution in [0.2, 0.25) is 0 Å². The van der Waals surface area contributed by atoms with E-state index in [1.54, 1.807) is 0 Å². The van der Waals surface area contributed by atoms with Gasteiger partial charge in [-0.1, -0.05) is 0 Å². The van der Waals surface area contributed by atoms with E-state index in [9.17, 15) is 9.59 Å². The van der Waals surface area contributed by atoms with Crippen LogP contribution in [0.3, 0.4) is 0 Å². The summed E-state index contributed by atoms with van der Waals surface area (Å²) in [5.41, 5.74) is 0. The average Bonchev–Trinajstić information content (AvgIpc) is 2.18. The van der Waals surface area contributed by atoms with Gasteiger partial charge in [-0.2, -0.15) is 0 Å². The van der Waals surface area contributed by atoms with Gasteiger partial charge in [0.2, 0.25) is 5.91 Å². The number of ether oxygens (including phenoxy) is 1. The lowest BCUT2D eigenvalue weighted by molar-refractivity contribution is -0.152. The SMILES string of the molecule is CC(=O)N(C)C(C(=O)O)C1CCOCC1. The first kappa shape index (κ1) is 12.0. The smallest absolute Gasteiger partial charge is 0.326 e. The number of rotatable bonds is 3. The molecule has 0 aromatic carbocycles. The highest BCUT2D eigenvalue weighted by Crippen LogP contribution is 2.22. The molecule has 1 fully saturated rings. The molecule has 0 aromatic rings. The van der Waals surface area contributed by atoms with Gasteiger partial charge in [0, 0.05) is 27.2 Å². The van der Waals surface area contributed by atoms with E-state index >= 15 is 0 Å². The van der Waals surface area contributed by atoms with Crippen LogP contribution >= 0.6 is 0 Å². The van der Waals surface area contributed by atoms with Crippen LogP contribution in [0.25, 0.3) is 0 Å². The first-order valence-electron chi connectivity index (χ1n) is 5.08. The van der Waals surface area contributed by atoms with E-state index in [1.165, 1.54) is 18.9 Å². The summed E-state index contributed by atoms with van der Waals surface area (Å²) >= 11 is 0. The van der Waals surface area contributed by atoms with Crippen LogP contribution in [-0.2, 0) is 14.3 Å². The first-order valence-corrected chi connectivity index (χ1v) is 5.08. The van der Waals surface area contributed by atoms with Gasteiger partial charge in [0.1, 0.15) is 6.04 Å². The van der Waals surface area contributed by atoms with Crippen LogP contribution in [0.5, 0.6) is 0 Å². The molecule has 1 aliphatic rings. The standard InChI is InChI=1S/C10H17NO4/c1-7(12)11(2)9(10(13)14)8-3-5-15-6-4-8/h8-9H,3-6H2,1-2H3,(H,13,14). The van der Waals surface area contributed by atoms with E-state index in [-0.39, 0.29) is 11.8 Å². The van der Waals surface area contributed by atoms with Gasteiger partial charge in [-0.3, -0.25) is 4.79 Å². The van der Waals surface area contributed by atoms with Gasteiger partial charge >= 0.3 is 5.97 Å². The second-order valence-corrected chi connectivity index (χ2v) is 3.86. The number of carboxylic acids is 1. The number of carbonyl (C=O) groups is 2. The molecule has 1 saturated heterocycles. The van der Waals surface area contributed by atoms with E-state index in [2.05, 4.69) is 0 Å². The molecule has 0 bridgehead atoms. The molecule has 1 atom stereocenters. The van der Waals surface area contributed by atoms with Crippen molar-refractivity contribution in [1.29, 1.82) is 0 Å². The molecular formula is C10H17NO4. The van der Waals surface area contributed by atoms with Crippen LogP contribution in [0.4, 0.5) is 0 Å². The fourth-order valence-electron chi connectivity index (χ4n) is 1.91. The third-order valence-electron chi connectivity index (χ3n) is 2.88. The Bertz CT molecular complexity index is 248. The lowest BCUT2D eigenvalue weighted by Crippen LogP contribution is -2.47. The van der Waals surface area contributed by atoms with Gasteiger partial charge in [-0.05, 0) is 18.8 Å². The summed E-state index contributed by atoms with van der Waals surface area (Å²) in [6, 6.07) is -0.716. The zero-order chi connectivity index (χ0) is 11.4. The summed E-state index contributed by atoms with van der Waals surface area (Å²) < 4.78 is 5.17. The maximum absolute atomic E-state index is 11.2. The Labute approximate surface area is 89.0 Å². The molecule has 1 heterocycles. The van der Waals surface area contributed by atoms with Gasteiger partial charge in [-0.15, -0.1) is 0 Å². The molecule has 86 valence electrons. The molecule has 1 rings (SSSR count). The fourth-order valence-corrected chi connectivity index (χ4v) is 1.91. The van der Waals surface area contributed by atoms with Crippen molar-refractivity contribution in [3.8, 4) is 0 Å². The van der Waals surface area contributed by atoms with Crippen molar-refractivity contribution < 1.29 is 19.4 Å². The Morgan fingerprint density at radius 2 is 1.93 bits per heavy atom. The van der Waals surface area contributed by atoms with E-state index in [1.807, 2.05) is 0 Å². The highest BCUT2D eigenvalue weighted by Gasteiger charge is 2.34. The maximum atomic E-state index is 11.2. The molecule has 0 aromatic heterocycles. The minimum atomic E-state index is -0.931. The Morgan fingerprint density at radius 1 is 1.40 bits per heavy atom. The van der Waals surface area contributed by atoms with Crippen molar-refractivity contribution in [2.75, 3.05) is 20.3 Å². The Balaban J connectivity index is 2.71. The number of likely N-dealkylation sites (N-methyl/N-ethyl adjacent to an activating group) is 1. The first-order chi connectivity index (χ1) is 7.04. The summed E-state index contributed by atoms with van der Waals surface area (Å²) in [5, 5.41) is 9.11. The molecule has 1 aliphatic heterocycles. The summed E-state index contributed by atoms with van der Waals surface area (Å²) in [7, 11) is 1.54. The quantitative estimate of drug-likeness (QED) is 0.737.